The van der Waals surface area contributed by atoms with Crippen molar-refractivity contribution in [1.29, 1.82) is 0 Å². The van der Waals surface area contributed by atoms with Crippen molar-refractivity contribution >= 4 is 0 Å². The number of aryl methyl sites for hydroxylation is 2. The van der Waals surface area contributed by atoms with Crippen LogP contribution in [0.2, 0.25) is 0 Å². The van der Waals surface area contributed by atoms with Crippen molar-refractivity contribution in [1.82, 2.24) is 4.90 Å². The van der Waals surface area contributed by atoms with Crippen molar-refractivity contribution in [3.8, 4) is 0 Å². The Morgan fingerprint density at radius 3 is 2.78 bits per heavy atom. The van der Waals surface area contributed by atoms with Gasteiger partial charge in [0.1, 0.15) is 0 Å². The van der Waals surface area contributed by atoms with Gasteiger partial charge in [0.25, 0.3) is 0 Å². The molecule has 0 aliphatic heterocycles. The van der Waals surface area contributed by atoms with Gasteiger partial charge in [-0.25, -0.2) is 0 Å². The molecule has 2 heteroatoms. The van der Waals surface area contributed by atoms with Crippen LogP contribution in [-0.2, 0) is 19.4 Å². The Morgan fingerprint density at radius 2 is 2.00 bits per heavy atom. The van der Waals surface area contributed by atoms with E-state index in [1.807, 2.05) is 0 Å². The number of fused-ring (bicyclic) bond motifs is 1. The molecule has 18 heavy (non-hydrogen) atoms. The first-order valence-corrected chi connectivity index (χ1v) is 7.30. The molecule has 2 aliphatic rings. The van der Waals surface area contributed by atoms with Gasteiger partial charge in [0, 0.05) is 18.6 Å². The second kappa shape index (κ2) is 5.02. The van der Waals surface area contributed by atoms with Crippen LogP contribution >= 0.6 is 0 Å². The topological polar surface area (TPSA) is 29.3 Å². The molecular formula is C16H24N2. The summed E-state index contributed by atoms with van der Waals surface area (Å²) in [6.07, 6.45) is 7.64. The van der Waals surface area contributed by atoms with E-state index in [0.717, 1.165) is 6.54 Å². The van der Waals surface area contributed by atoms with E-state index in [9.17, 15) is 0 Å². The molecule has 2 nitrogen and oxygen atoms in total. The summed E-state index contributed by atoms with van der Waals surface area (Å²) in [6, 6.07) is 8.02. The third-order valence-electron chi connectivity index (χ3n) is 4.69. The normalized spacial score (nSPS) is 26.8. The maximum Gasteiger partial charge on any atom is 0.0247 e. The van der Waals surface area contributed by atoms with Crippen molar-refractivity contribution in [2.45, 2.75) is 57.2 Å². The SMILES string of the molecule is CN(Cc1ccc2c(c1)CCC2)C1CCCC1N. The van der Waals surface area contributed by atoms with Crippen LogP contribution in [-0.4, -0.2) is 24.0 Å². The monoisotopic (exact) mass is 244 g/mol. The van der Waals surface area contributed by atoms with Crippen LogP contribution in [0.25, 0.3) is 0 Å². The zero-order chi connectivity index (χ0) is 12.5. The molecule has 2 aliphatic carbocycles. The average Bonchev–Trinajstić information content (AvgIpc) is 2.96. The van der Waals surface area contributed by atoms with Crippen LogP contribution in [0.3, 0.4) is 0 Å². The lowest BCUT2D eigenvalue weighted by Crippen LogP contribution is -2.41. The zero-order valence-electron chi connectivity index (χ0n) is 11.4. The van der Waals surface area contributed by atoms with Gasteiger partial charge in [0.2, 0.25) is 0 Å². The molecule has 0 saturated heterocycles. The van der Waals surface area contributed by atoms with Crippen molar-refractivity contribution in [2.75, 3.05) is 7.05 Å². The summed E-state index contributed by atoms with van der Waals surface area (Å²) in [5.74, 6) is 0. The lowest BCUT2D eigenvalue weighted by molar-refractivity contribution is 0.220. The molecule has 1 aromatic rings. The fourth-order valence-corrected chi connectivity index (χ4v) is 3.65. The minimum atomic E-state index is 0.379. The molecule has 0 aromatic heterocycles. The van der Waals surface area contributed by atoms with Gasteiger partial charge in [-0.1, -0.05) is 24.6 Å². The fraction of sp³-hybridized carbons (Fsp3) is 0.625. The molecule has 1 fully saturated rings. The summed E-state index contributed by atoms with van der Waals surface area (Å²) in [4.78, 5) is 2.45. The van der Waals surface area contributed by atoms with E-state index in [-0.39, 0.29) is 0 Å². The molecule has 0 amide bonds. The molecule has 2 atom stereocenters. The first-order valence-electron chi connectivity index (χ1n) is 7.30. The Bertz CT molecular complexity index is 427. The Morgan fingerprint density at radius 1 is 1.17 bits per heavy atom. The smallest absolute Gasteiger partial charge is 0.0247 e. The first kappa shape index (κ1) is 12.2. The number of rotatable bonds is 3. The number of nitrogens with two attached hydrogens (primary N) is 1. The Hall–Kier alpha value is -0.860. The molecule has 2 unspecified atom stereocenters. The predicted octanol–water partition coefficient (Wildman–Crippen LogP) is 2.49. The molecule has 1 aromatic carbocycles. The maximum atomic E-state index is 6.18. The van der Waals surface area contributed by atoms with Gasteiger partial charge in [-0.05, 0) is 55.8 Å². The molecule has 1 saturated carbocycles. The van der Waals surface area contributed by atoms with Gasteiger partial charge in [0.05, 0.1) is 0 Å². The van der Waals surface area contributed by atoms with E-state index in [2.05, 4.69) is 30.1 Å². The van der Waals surface area contributed by atoms with Crippen LogP contribution < -0.4 is 5.73 Å². The third kappa shape index (κ3) is 2.32. The number of benzene rings is 1. The highest BCUT2D eigenvalue weighted by Gasteiger charge is 2.27. The Labute approximate surface area is 110 Å². The van der Waals surface area contributed by atoms with Crippen LogP contribution in [0.1, 0.15) is 42.4 Å². The van der Waals surface area contributed by atoms with Crippen LogP contribution in [0.4, 0.5) is 0 Å². The first-order chi connectivity index (χ1) is 8.74. The molecule has 2 N–H and O–H groups in total. The molecule has 0 radical (unpaired) electrons. The minimum absolute atomic E-state index is 0.379. The largest absolute Gasteiger partial charge is 0.326 e. The molecule has 3 rings (SSSR count). The molecule has 0 spiro atoms. The highest BCUT2D eigenvalue weighted by atomic mass is 15.1. The fourth-order valence-electron chi connectivity index (χ4n) is 3.65. The van der Waals surface area contributed by atoms with E-state index >= 15 is 0 Å². The van der Waals surface area contributed by atoms with Gasteiger partial charge >= 0.3 is 0 Å². The third-order valence-corrected chi connectivity index (χ3v) is 4.69. The van der Waals surface area contributed by atoms with Gasteiger partial charge in [-0.15, -0.1) is 0 Å². The number of likely N-dealkylation sites (N-methyl/N-ethyl adjacent to an activating group) is 1. The quantitative estimate of drug-likeness (QED) is 0.885. The van der Waals surface area contributed by atoms with Crippen molar-refractivity contribution < 1.29 is 0 Å². The summed E-state index contributed by atoms with van der Waals surface area (Å²) in [5.41, 5.74) is 10.8. The van der Waals surface area contributed by atoms with Gasteiger partial charge in [0.15, 0.2) is 0 Å². The second-order valence-electron chi connectivity index (χ2n) is 6.03. The highest BCUT2D eigenvalue weighted by Crippen LogP contribution is 2.26. The van der Waals surface area contributed by atoms with Crippen LogP contribution in [0, 0.1) is 0 Å². The Kier molecular flexibility index (Phi) is 3.40. The maximum absolute atomic E-state index is 6.18. The highest BCUT2D eigenvalue weighted by molar-refractivity contribution is 5.35. The van der Waals surface area contributed by atoms with Crippen LogP contribution in [0.15, 0.2) is 18.2 Å². The van der Waals surface area contributed by atoms with Crippen molar-refractivity contribution in [2.24, 2.45) is 5.73 Å². The predicted molar refractivity (Wildman–Crippen MR) is 75.5 cm³/mol. The lowest BCUT2D eigenvalue weighted by Gasteiger charge is -2.27. The average molecular weight is 244 g/mol. The van der Waals surface area contributed by atoms with E-state index in [0.29, 0.717) is 12.1 Å². The summed E-state index contributed by atoms with van der Waals surface area (Å²) in [7, 11) is 2.23. The summed E-state index contributed by atoms with van der Waals surface area (Å²) in [6.45, 7) is 1.05. The van der Waals surface area contributed by atoms with Gasteiger partial charge in [-0.3, -0.25) is 4.90 Å². The molecule has 0 heterocycles. The van der Waals surface area contributed by atoms with Crippen molar-refractivity contribution in [3.63, 3.8) is 0 Å². The zero-order valence-corrected chi connectivity index (χ0v) is 11.4. The molecular weight excluding hydrogens is 220 g/mol. The van der Waals surface area contributed by atoms with E-state index in [1.54, 1.807) is 11.1 Å². The number of hydrogen-bond donors (Lipinski definition) is 1. The summed E-state index contributed by atoms with van der Waals surface area (Å²) in [5, 5.41) is 0. The van der Waals surface area contributed by atoms with E-state index < -0.39 is 0 Å². The van der Waals surface area contributed by atoms with E-state index in [1.165, 1.54) is 44.1 Å². The second-order valence-corrected chi connectivity index (χ2v) is 6.03. The van der Waals surface area contributed by atoms with E-state index in [4.69, 9.17) is 5.73 Å². The van der Waals surface area contributed by atoms with Crippen molar-refractivity contribution in [3.05, 3.63) is 34.9 Å². The van der Waals surface area contributed by atoms with Crippen LogP contribution in [0.5, 0.6) is 0 Å². The number of hydrogen-bond acceptors (Lipinski definition) is 2. The minimum Gasteiger partial charge on any atom is -0.326 e. The standard InChI is InChI=1S/C16H24N2/c1-18(16-7-3-6-15(16)17)11-12-8-9-13-4-2-5-14(13)10-12/h8-10,15-16H,2-7,11,17H2,1H3. The molecule has 98 valence electrons. The summed E-state index contributed by atoms with van der Waals surface area (Å²) < 4.78 is 0. The Balaban J connectivity index is 1.68. The van der Waals surface area contributed by atoms with Gasteiger partial charge in [-0.2, -0.15) is 0 Å². The lowest BCUT2D eigenvalue weighted by atomic mass is 10.0. The molecule has 0 bridgehead atoms. The van der Waals surface area contributed by atoms with Gasteiger partial charge < -0.3 is 5.73 Å². The number of nitrogens with zero attached hydrogens (tertiary/aromatic N) is 1. The summed E-state index contributed by atoms with van der Waals surface area (Å²) >= 11 is 0.